The van der Waals surface area contributed by atoms with E-state index in [1.165, 1.54) is 0 Å². The number of nitrogens with zero attached hydrogens (tertiary/aromatic N) is 1. The van der Waals surface area contributed by atoms with Crippen molar-refractivity contribution < 1.29 is 13.6 Å². The zero-order chi connectivity index (χ0) is 19.1. The van der Waals surface area contributed by atoms with E-state index in [1.807, 2.05) is 18.2 Å². The van der Waals surface area contributed by atoms with Gasteiger partial charge in [-0.25, -0.2) is 0 Å². The molecule has 27 heavy (non-hydrogen) atoms. The highest BCUT2D eigenvalue weighted by Gasteiger charge is 2.11. The molecule has 0 saturated heterocycles. The number of halogens is 2. The fourth-order valence-corrected chi connectivity index (χ4v) is 2.94. The summed E-state index contributed by atoms with van der Waals surface area (Å²) < 4.78 is 24.8. The number of thioether (sulfide) groups is 1. The fourth-order valence-electron chi connectivity index (χ4n) is 2.45. The molecule has 1 aromatic heterocycles. The quantitative estimate of drug-likeness (QED) is 0.558. The van der Waals surface area contributed by atoms with Crippen LogP contribution < -0.4 is 10.6 Å². The number of carbonyl (C=O) groups excluding carboxylic acids is 1. The summed E-state index contributed by atoms with van der Waals surface area (Å²) in [5, 5.41) is 6.03. The minimum atomic E-state index is -2.45. The number of rotatable bonds is 7. The van der Waals surface area contributed by atoms with Crippen LogP contribution in [0.4, 0.5) is 20.2 Å². The van der Waals surface area contributed by atoms with E-state index >= 15 is 0 Å². The first-order valence-corrected chi connectivity index (χ1v) is 9.08. The maximum atomic E-state index is 12.5. The number of aromatic nitrogens is 1. The van der Waals surface area contributed by atoms with Crippen LogP contribution in [-0.4, -0.2) is 16.6 Å². The predicted molar refractivity (Wildman–Crippen MR) is 103 cm³/mol. The average Bonchev–Trinajstić information content (AvgIpc) is 2.68. The molecule has 0 radical (unpaired) electrons. The van der Waals surface area contributed by atoms with Crippen LogP contribution in [0.25, 0.3) is 0 Å². The molecule has 3 rings (SSSR count). The highest BCUT2D eigenvalue weighted by atomic mass is 32.2. The first-order chi connectivity index (χ1) is 13.1. The van der Waals surface area contributed by atoms with E-state index in [0.717, 1.165) is 5.56 Å². The largest absolute Gasteiger partial charge is 0.355 e. The number of benzene rings is 2. The molecule has 3 aromatic rings. The second-order valence-corrected chi connectivity index (χ2v) is 6.68. The third-order valence-corrected chi connectivity index (χ3v) is 4.43. The number of anilines is 2. The lowest BCUT2D eigenvalue weighted by Gasteiger charge is -2.13. The lowest BCUT2D eigenvalue weighted by Crippen LogP contribution is -2.23. The van der Waals surface area contributed by atoms with Crippen molar-refractivity contribution in [3.63, 3.8) is 0 Å². The minimum Gasteiger partial charge on any atom is -0.355 e. The first-order valence-electron chi connectivity index (χ1n) is 8.20. The van der Waals surface area contributed by atoms with E-state index < -0.39 is 5.76 Å². The fraction of sp³-hybridized carbons (Fsp3) is 0.100. The second kappa shape index (κ2) is 9.14. The summed E-state index contributed by atoms with van der Waals surface area (Å²) in [4.78, 5) is 17.1. The number of nitrogens with one attached hydrogen (secondary N) is 2. The van der Waals surface area contributed by atoms with Gasteiger partial charge in [0.15, 0.2) is 0 Å². The van der Waals surface area contributed by atoms with Crippen molar-refractivity contribution in [3.05, 3.63) is 84.2 Å². The Balaban J connectivity index is 1.69. The molecular formula is C20H17F2N3OS. The van der Waals surface area contributed by atoms with Crippen molar-refractivity contribution in [2.24, 2.45) is 0 Å². The molecule has 0 atom stereocenters. The smallest absolute Gasteiger partial charge is 0.288 e. The Bertz CT molecular complexity index is 889. The topological polar surface area (TPSA) is 54.0 Å². The van der Waals surface area contributed by atoms with Gasteiger partial charge in [-0.3, -0.25) is 9.78 Å². The molecule has 2 aromatic carbocycles. The lowest BCUT2D eigenvalue weighted by atomic mass is 10.1. The maximum Gasteiger partial charge on any atom is 0.288 e. The van der Waals surface area contributed by atoms with Gasteiger partial charge >= 0.3 is 0 Å². The van der Waals surface area contributed by atoms with E-state index in [1.54, 1.807) is 54.9 Å². The van der Waals surface area contributed by atoms with Gasteiger partial charge < -0.3 is 10.6 Å². The standard InChI is InChI=1S/C20H17F2N3OS/c21-20(22)27-16-9-7-15(8-10-16)25-18-6-2-1-5-17(18)19(26)24-13-14-4-3-11-23-12-14/h1-12,20,25H,13H2,(H,24,26). The van der Waals surface area contributed by atoms with Crippen molar-refractivity contribution in [2.75, 3.05) is 5.32 Å². The Labute approximate surface area is 160 Å². The molecule has 2 N–H and O–H groups in total. The molecule has 138 valence electrons. The Morgan fingerprint density at radius 1 is 1.04 bits per heavy atom. The van der Waals surface area contributed by atoms with E-state index in [-0.39, 0.29) is 5.91 Å². The summed E-state index contributed by atoms with van der Waals surface area (Å²) in [6, 6.07) is 17.5. The molecule has 0 aliphatic rings. The molecule has 0 fully saturated rings. The van der Waals surface area contributed by atoms with Gasteiger partial charge in [0.2, 0.25) is 0 Å². The molecule has 1 amide bonds. The van der Waals surface area contributed by atoms with Crippen molar-refractivity contribution in [3.8, 4) is 0 Å². The molecule has 1 heterocycles. The van der Waals surface area contributed by atoms with Crippen LogP contribution in [0.3, 0.4) is 0 Å². The van der Waals surface area contributed by atoms with Crippen LogP contribution in [0.5, 0.6) is 0 Å². The average molecular weight is 385 g/mol. The predicted octanol–water partition coefficient (Wildman–Crippen LogP) is 5.07. The number of hydrogen-bond donors (Lipinski definition) is 2. The van der Waals surface area contributed by atoms with Crippen LogP contribution in [0.15, 0.2) is 78.0 Å². The zero-order valence-electron chi connectivity index (χ0n) is 14.2. The Hall–Kier alpha value is -2.93. The molecule has 0 aliphatic heterocycles. The van der Waals surface area contributed by atoms with E-state index in [4.69, 9.17) is 0 Å². The summed E-state index contributed by atoms with van der Waals surface area (Å²) in [7, 11) is 0. The Kier molecular flexibility index (Phi) is 6.38. The van der Waals surface area contributed by atoms with Crippen LogP contribution >= 0.6 is 11.8 Å². The highest BCUT2D eigenvalue weighted by Crippen LogP contribution is 2.27. The van der Waals surface area contributed by atoms with Crippen molar-refractivity contribution in [1.29, 1.82) is 0 Å². The summed E-state index contributed by atoms with van der Waals surface area (Å²) in [6.07, 6.45) is 3.37. The molecule has 7 heteroatoms. The van der Waals surface area contributed by atoms with Crippen LogP contribution in [0.2, 0.25) is 0 Å². The third-order valence-electron chi connectivity index (χ3n) is 3.71. The molecule has 0 spiro atoms. The third kappa shape index (κ3) is 5.52. The number of para-hydroxylation sites is 1. The molecule has 0 unspecified atom stereocenters. The van der Waals surface area contributed by atoms with Crippen LogP contribution in [-0.2, 0) is 6.54 Å². The van der Waals surface area contributed by atoms with Gasteiger partial charge in [-0.05, 0) is 48.0 Å². The van der Waals surface area contributed by atoms with E-state index in [0.29, 0.717) is 40.1 Å². The van der Waals surface area contributed by atoms with Gasteiger partial charge in [-0.1, -0.05) is 30.0 Å². The van der Waals surface area contributed by atoms with E-state index in [2.05, 4.69) is 15.6 Å². The zero-order valence-corrected chi connectivity index (χ0v) is 15.0. The second-order valence-electron chi connectivity index (χ2n) is 5.62. The Morgan fingerprint density at radius 3 is 2.52 bits per heavy atom. The number of carbonyl (C=O) groups is 1. The number of hydrogen-bond acceptors (Lipinski definition) is 4. The summed E-state index contributed by atoms with van der Waals surface area (Å²) in [5.41, 5.74) is 2.74. The molecule has 0 bridgehead atoms. The summed E-state index contributed by atoms with van der Waals surface area (Å²) in [6.45, 7) is 0.376. The molecule has 0 aliphatic carbocycles. The van der Waals surface area contributed by atoms with Crippen molar-refractivity contribution in [2.45, 2.75) is 17.2 Å². The summed E-state index contributed by atoms with van der Waals surface area (Å²) in [5.74, 6) is -2.67. The SMILES string of the molecule is O=C(NCc1cccnc1)c1ccccc1Nc1ccc(SC(F)F)cc1. The molecule has 0 saturated carbocycles. The van der Waals surface area contributed by atoms with Gasteiger partial charge in [0.05, 0.1) is 11.3 Å². The lowest BCUT2D eigenvalue weighted by molar-refractivity contribution is 0.0951. The van der Waals surface area contributed by atoms with Crippen LogP contribution in [0.1, 0.15) is 15.9 Å². The maximum absolute atomic E-state index is 12.5. The molecule has 4 nitrogen and oxygen atoms in total. The Morgan fingerprint density at radius 2 is 1.81 bits per heavy atom. The summed E-state index contributed by atoms with van der Waals surface area (Å²) >= 11 is 0.496. The van der Waals surface area contributed by atoms with Gasteiger partial charge in [-0.15, -0.1) is 0 Å². The monoisotopic (exact) mass is 385 g/mol. The van der Waals surface area contributed by atoms with Gasteiger partial charge in [-0.2, -0.15) is 8.78 Å². The van der Waals surface area contributed by atoms with Gasteiger partial charge in [0.25, 0.3) is 11.7 Å². The van der Waals surface area contributed by atoms with E-state index in [9.17, 15) is 13.6 Å². The number of amides is 1. The van der Waals surface area contributed by atoms with Crippen LogP contribution in [0, 0.1) is 0 Å². The highest BCUT2D eigenvalue weighted by molar-refractivity contribution is 7.99. The normalized spacial score (nSPS) is 10.6. The van der Waals surface area contributed by atoms with Crippen molar-refractivity contribution >= 4 is 29.0 Å². The van der Waals surface area contributed by atoms with Gasteiger partial charge in [0.1, 0.15) is 0 Å². The molecular weight excluding hydrogens is 368 g/mol. The number of alkyl halides is 2. The van der Waals surface area contributed by atoms with Gasteiger partial charge in [0, 0.05) is 29.5 Å². The minimum absolute atomic E-state index is 0.216. The first kappa shape index (κ1) is 18.8. The number of pyridine rings is 1. The van der Waals surface area contributed by atoms with Crippen molar-refractivity contribution in [1.82, 2.24) is 10.3 Å².